The Morgan fingerprint density at radius 1 is 0.903 bits per heavy atom. The summed E-state index contributed by atoms with van der Waals surface area (Å²) in [4.78, 5) is 17.6. The normalized spacial score (nSPS) is 18.3. The van der Waals surface area contributed by atoms with Crippen molar-refractivity contribution in [3.63, 3.8) is 0 Å². The van der Waals surface area contributed by atoms with E-state index in [-0.39, 0.29) is 10.8 Å². The van der Waals surface area contributed by atoms with Crippen molar-refractivity contribution in [1.82, 2.24) is 9.80 Å². The molecule has 2 fully saturated rings. The Morgan fingerprint density at radius 3 is 2.06 bits per heavy atom. The fourth-order valence-electron chi connectivity index (χ4n) is 4.56. The molecule has 0 spiro atoms. The van der Waals surface area contributed by atoms with Crippen molar-refractivity contribution in [2.24, 2.45) is 0 Å². The van der Waals surface area contributed by atoms with Crippen LogP contribution in [0.2, 0.25) is 0 Å². The van der Waals surface area contributed by atoms with Gasteiger partial charge in [0.1, 0.15) is 0 Å². The lowest BCUT2D eigenvalue weighted by Crippen LogP contribution is -2.51. The van der Waals surface area contributed by atoms with Crippen LogP contribution in [0.1, 0.15) is 41.6 Å². The van der Waals surface area contributed by atoms with E-state index in [2.05, 4.69) is 4.90 Å². The Hall–Kier alpha value is -2.38. The smallest absolute Gasteiger partial charge is 0.264 e. The van der Waals surface area contributed by atoms with E-state index in [4.69, 9.17) is 0 Å². The maximum absolute atomic E-state index is 12.9. The summed E-state index contributed by atoms with van der Waals surface area (Å²) < 4.78 is 27.0. The van der Waals surface area contributed by atoms with Crippen LogP contribution in [-0.2, 0) is 10.0 Å². The maximum atomic E-state index is 12.9. The molecule has 1 heterocycles. The minimum absolute atomic E-state index is 0.0154. The molecule has 1 amide bonds. The maximum Gasteiger partial charge on any atom is 0.264 e. The summed E-state index contributed by atoms with van der Waals surface area (Å²) in [6.45, 7) is 5.29. The minimum atomic E-state index is -3.64. The van der Waals surface area contributed by atoms with E-state index < -0.39 is 10.0 Å². The van der Waals surface area contributed by atoms with Gasteiger partial charge >= 0.3 is 0 Å². The molecule has 0 bridgehead atoms. The highest BCUT2D eigenvalue weighted by Gasteiger charge is 2.28. The van der Waals surface area contributed by atoms with E-state index in [1.807, 2.05) is 11.8 Å². The summed E-state index contributed by atoms with van der Waals surface area (Å²) in [5, 5.41) is 0. The van der Waals surface area contributed by atoms with Gasteiger partial charge in [0.15, 0.2) is 0 Å². The second-order valence-corrected chi connectivity index (χ2v) is 10.6. The van der Waals surface area contributed by atoms with E-state index in [9.17, 15) is 13.2 Å². The van der Waals surface area contributed by atoms with Gasteiger partial charge in [0.25, 0.3) is 15.9 Å². The molecule has 1 saturated heterocycles. The van der Waals surface area contributed by atoms with Crippen molar-refractivity contribution in [2.45, 2.75) is 43.5 Å². The van der Waals surface area contributed by atoms with Crippen LogP contribution in [-0.4, -0.2) is 63.4 Å². The number of aryl methyl sites for hydroxylation is 1. The number of sulfonamides is 1. The highest BCUT2D eigenvalue weighted by molar-refractivity contribution is 7.92. The molecule has 2 aliphatic rings. The zero-order valence-electron chi connectivity index (χ0n) is 18.3. The monoisotopic (exact) mass is 441 g/mol. The van der Waals surface area contributed by atoms with Crippen molar-refractivity contribution >= 4 is 21.6 Å². The van der Waals surface area contributed by atoms with E-state index in [1.54, 1.807) is 48.5 Å². The van der Waals surface area contributed by atoms with Crippen LogP contribution in [0.3, 0.4) is 0 Å². The van der Waals surface area contributed by atoms with Crippen LogP contribution in [0.4, 0.5) is 5.69 Å². The molecule has 0 radical (unpaired) electrons. The zero-order chi connectivity index (χ0) is 22.0. The summed E-state index contributed by atoms with van der Waals surface area (Å²) in [5.41, 5.74) is 2.14. The second kappa shape index (κ2) is 9.01. The molecule has 0 atom stereocenters. The molecule has 4 rings (SSSR count). The highest BCUT2D eigenvalue weighted by atomic mass is 32.2. The van der Waals surface area contributed by atoms with Crippen LogP contribution in [0, 0.1) is 6.92 Å². The van der Waals surface area contributed by atoms with E-state index in [0.717, 1.165) is 31.7 Å². The van der Waals surface area contributed by atoms with Gasteiger partial charge in [0.2, 0.25) is 0 Å². The average Bonchev–Trinajstić information content (AvgIpc) is 3.34. The number of benzene rings is 2. The van der Waals surface area contributed by atoms with Gasteiger partial charge in [-0.3, -0.25) is 14.0 Å². The van der Waals surface area contributed by atoms with E-state index in [0.29, 0.717) is 17.3 Å². The Kier molecular flexibility index (Phi) is 6.34. The molecule has 6 nitrogen and oxygen atoms in total. The van der Waals surface area contributed by atoms with Gasteiger partial charge < -0.3 is 4.90 Å². The number of hydrogen-bond donors (Lipinski definition) is 0. The lowest BCUT2D eigenvalue weighted by molar-refractivity contribution is 0.0573. The molecule has 31 heavy (non-hydrogen) atoms. The first-order valence-corrected chi connectivity index (χ1v) is 12.5. The molecule has 0 N–H and O–H groups in total. The Balaban J connectivity index is 1.40. The number of amides is 1. The highest BCUT2D eigenvalue weighted by Crippen LogP contribution is 2.26. The molecule has 0 aromatic heterocycles. The molecule has 2 aromatic carbocycles. The SMILES string of the molecule is Cc1ccc(S(=O)(=O)N(C)c2ccc(C(=O)N3CCN(C4CCCC4)CC3)cc2)cc1. The van der Waals surface area contributed by atoms with Crippen LogP contribution >= 0.6 is 0 Å². The van der Waals surface area contributed by atoms with Crippen LogP contribution in [0.25, 0.3) is 0 Å². The lowest BCUT2D eigenvalue weighted by atomic mass is 10.1. The third kappa shape index (κ3) is 4.62. The lowest BCUT2D eigenvalue weighted by Gasteiger charge is -2.38. The number of carbonyl (C=O) groups excluding carboxylic acids is 1. The molecule has 2 aromatic rings. The summed E-state index contributed by atoms with van der Waals surface area (Å²) in [6.07, 6.45) is 5.22. The first kappa shape index (κ1) is 21.8. The van der Waals surface area contributed by atoms with Crippen molar-refractivity contribution < 1.29 is 13.2 Å². The fourth-order valence-corrected chi connectivity index (χ4v) is 5.76. The van der Waals surface area contributed by atoms with Gasteiger partial charge in [0.05, 0.1) is 10.6 Å². The Labute approximate surface area is 185 Å². The van der Waals surface area contributed by atoms with Gasteiger partial charge in [-0.1, -0.05) is 30.5 Å². The summed E-state index contributed by atoms with van der Waals surface area (Å²) in [7, 11) is -2.11. The van der Waals surface area contributed by atoms with Gasteiger partial charge in [-0.05, 0) is 56.2 Å². The van der Waals surface area contributed by atoms with Crippen molar-refractivity contribution in [3.8, 4) is 0 Å². The molecular formula is C24H31N3O3S. The predicted octanol–water partition coefficient (Wildman–Crippen LogP) is 3.52. The fraction of sp³-hybridized carbons (Fsp3) is 0.458. The van der Waals surface area contributed by atoms with Crippen LogP contribution in [0.15, 0.2) is 53.4 Å². The van der Waals surface area contributed by atoms with Crippen LogP contribution < -0.4 is 4.31 Å². The minimum Gasteiger partial charge on any atom is -0.336 e. The van der Waals surface area contributed by atoms with E-state index in [1.165, 1.54) is 37.0 Å². The number of anilines is 1. The molecule has 166 valence electrons. The van der Waals surface area contributed by atoms with Crippen molar-refractivity contribution in [3.05, 3.63) is 59.7 Å². The van der Waals surface area contributed by atoms with Gasteiger partial charge in [-0.25, -0.2) is 8.42 Å². The van der Waals surface area contributed by atoms with E-state index >= 15 is 0 Å². The first-order chi connectivity index (χ1) is 14.9. The molecule has 0 unspecified atom stereocenters. The molecule has 1 aliphatic carbocycles. The second-order valence-electron chi connectivity index (χ2n) is 8.60. The molecule has 1 saturated carbocycles. The average molecular weight is 442 g/mol. The van der Waals surface area contributed by atoms with Crippen molar-refractivity contribution in [2.75, 3.05) is 37.5 Å². The summed E-state index contributed by atoms with van der Waals surface area (Å²) in [5.74, 6) is 0.0154. The van der Waals surface area contributed by atoms with Gasteiger partial charge in [-0.2, -0.15) is 0 Å². The largest absolute Gasteiger partial charge is 0.336 e. The van der Waals surface area contributed by atoms with Gasteiger partial charge in [-0.15, -0.1) is 0 Å². The molecule has 1 aliphatic heterocycles. The topological polar surface area (TPSA) is 60.9 Å². The number of nitrogens with zero attached hydrogens (tertiary/aromatic N) is 3. The number of carbonyl (C=O) groups is 1. The first-order valence-electron chi connectivity index (χ1n) is 11.1. The third-order valence-electron chi connectivity index (χ3n) is 6.60. The quantitative estimate of drug-likeness (QED) is 0.712. The standard InChI is InChI=1S/C24H31N3O3S/c1-19-7-13-23(14-8-19)31(29,30)25(2)21-11-9-20(10-12-21)24(28)27-17-15-26(16-18-27)22-5-3-4-6-22/h7-14,22H,3-6,15-18H2,1-2H3. The van der Waals surface area contributed by atoms with Crippen LogP contribution in [0.5, 0.6) is 0 Å². The number of piperazine rings is 1. The summed E-state index contributed by atoms with van der Waals surface area (Å²) >= 11 is 0. The number of rotatable bonds is 5. The zero-order valence-corrected chi connectivity index (χ0v) is 19.1. The van der Waals surface area contributed by atoms with Crippen molar-refractivity contribution in [1.29, 1.82) is 0 Å². The number of hydrogen-bond acceptors (Lipinski definition) is 4. The van der Waals surface area contributed by atoms with Gasteiger partial charge in [0, 0.05) is 44.8 Å². The Morgan fingerprint density at radius 2 is 1.48 bits per heavy atom. The Bertz CT molecular complexity index is 1010. The summed E-state index contributed by atoms with van der Waals surface area (Å²) in [6, 6.07) is 14.4. The third-order valence-corrected chi connectivity index (χ3v) is 8.40. The molecular weight excluding hydrogens is 410 g/mol. The molecule has 7 heteroatoms. The predicted molar refractivity (Wildman–Crippen MR) is 123 cm³/mol.